The summed E-state index contributed by atoms with van der Waals surface area (Å²) < 4.78 is 10.5. The predicted octanol–water partition coefficient (Wildman–Crippen LogP) is 3.68. The van der Waals surface area contributed by atoms with Crippen LogP contribution in [0.2, 0.25) is 0 Å². The van der Waals surface area contributed by atoms with E-state index in [-0.39, 0.29) is 12.4 Å². The van der Waals surface area contributed by atoms with Gasteiger partial charge in [-0.1, -0.05) is 24.3 Å². The van der Waals surface area contributed by atoms with Gasteiger partial charge in [-0.15, -0.1) is 12.4 Å². The summed E-state index contributed by atoms with van der Waals surface area (Å²) in [6, 6.07) is 15.3. The van der Waals surface area contributed by atoms with Gasteiger partial charge in [-0.25, -0.2) is 0 Å². The van der Waals surface area contributed by atoms with Gasteiger partial charge < -0.3 is 14.9 Å². The summed E-state index contributed by atoms with van der Waals surface area (Å²) in [5.41, 5.74) is 2.22. The minimum atomic E-state index is 0. The summed E-state index contributed by atoms with van der Waals surface area (Å²) in [6.07, 6.45) is 3.44. The highest BCUT2D eigenvalue weighted by molar-refractivity contribution is 5.91. The molecule has 0 fully saturated rings. The Morgan fingerprint density at radius 1 is 0.840 bits per heavy atom. The number of aliphatic imine (C=N–C) groups is 2. The third kappa shape index (κ3) is 6.39. The van der Waals surface area contributed by atoms with Crippen LogP contribution in [0.5, 0.6) is 11.5 Å². The Labute approximate surface area is 154 Å². The normalized spacial score (nSPS) is 10.6. The molecule has 6 heteroatoms. The van der Waals surface area contributed by atoms with E-state index in [0.717, 1.165) is 22.6 Å². The maximum atomic E-state index is 7.93. The van der Waals surface area contributed by atoms with Crippen LogP contribution in [0.15, 0.2) is 58.5 Å². The second kappa shape index (κ2) is 11.0. The average molecular weight is 360 g/mol. The molecular formula is C19H22ClN3O2. The molecule has 132 valence electrons. The van der Waals surface area contributed by atoms with E-state index in [9.17, 15) is 0 Å². The van der Waals surface area contributed by atoms with Gasteiger partial charge in [0, 0.05) is 23.6 Å². The second-order valence-electron chi connectivity index (χ2n) is 5.03. The Morgan fingerprint density at radius 3 is 1.64 bits per heavy atom. The smallest absolute Gasteiger partial charge is 0.127 e. The molecule has 0 saturated heterocycles. The summed E-state index contributed by atoms with van der Waals surface area (Å²) in [5, 5.41) is 7.93. The van der Waals surface area contributed by atoms with Crippen molar-refractivity contribution in [3.8, 4) is 11.5 Å². The van der Waals surface area contributed by atoms with Crippen LogP contribution in [0.3, 0.4) is 0 Å². The Morgan fingerprint density at radius 2 is 1.24 bits per heavy atom. The van der Waals surface area contributed by atoms with Crippen molar-refractivity contribution in [3.05, 3.63) is 59.7 Å². The topological polar surface area (TPSA) is 67.0 Å². The molecule has 0 atom stereocenters. The average Bonchev–Trinajstić information content (AvgIpc) is 2.62. The number of nitrogens with zero attached hydrogens (tertiary/aromatic N) is 2. The number of halogens is 1. The number of hydrogen-bond donors (Lipinski definition) is 1. The first-order valence-corrected chi connectivity index (χ1v) is 7.56. The van der Waals surface area contributed by atoms with Gasteiger partial charge in [0.25, 0.3) is 0 Å². The predicted molar refractivity (Wildman–Crippen MR) is 106 cm³/mol. The zero-order chi connectivity index (χ0) is 17.2. The molecule has 0 aliphatic heterocycles. The molecule has 0 aromatic heterocycles. The van der Waals surface area contributed by atoms with Crippen LogP contribution in [0.25, 0.3) is 0 Å². The minimum Gasteiger partial charge on any atom is -0.496 e. The fraction of sp³-hybridized carbons (Fsp3) is 0.211. The molecule has 0 aliphatic carbocycles. The zero-order valence-corrected chi connectivity index (χ0v) is 15.1. The summed E-state index contributed by atoms with van der Waals surface area (Å²) in [6.45, 7) is 0.614. The van der Waals surface area contributed by atoms with E-state index >= 15 is 0 Å². The zero-order valence-electron chi connectivity index (χ0n) is 14.3. The SMILES string of the molecule is COc1ccccc1C=NCC(=N)CN=Cc1ccccc1OC.Cl. The molecule has 0 radical (unpaired) electrons. The van der Waals surface area contributed by atoms with E-state index in [2.05, 4.69) is 9.98 Å². The van der Waals surface area contributed by atoms with Crippen molar-refractivity contribution in [2.24, 2.45) is 9.98 Å². The maximum absolute atomic E-state index is 7.93. The number of hydrogen-bond acceptors (Lipinski definition) is 5. The van der Waals surface area contributed by atoms with Gasteiger partial charge in [0.1, 0.15) is 11.5 Å². The Bertz CT molecular complexity index is 683. The number of nitrogens with one attached hydrogen (secondary N) is 1. The van der Waals surface area contributed by atoms with Gasteiger partial charge in [0.2, 0.25) is 0 Å². The number of para-hydroxylation sites is 2. The lowest BCUT2D eigenvalue weighted by Gasteiger charge is -2.03. The van der Waals surface area contributed by atoms with Gasteiger partial charge in [-0.05, 0) is 24.3 Å². The van der Waals surface area contributed by atoms with E-state index in [1.807, 2.05) is 48.5 Å². The number of methoxy groups -OCH3 is 2. The van der Waals surface area contributed by atoms with Crippen molar-refractivity contribution >= 4 is 30.5 Å². The third-order valence-electron chi connectivity index (χ3n) is 3.30. The first-order chi connectivity index (χ1) is 11.7. The van der Waals surface area contributed by atoms with Gasteiger partial charge in [0.15, 0.2) is 0 Å². The molecular weight excluding hydrogens is 338 g/mol. The largest absolute Gasteiger partial charge is 0.496 e. The highest BCUT2D eigenvalue weighted by Gasteiger charge is 1.99. The highest BCUT2D eigenvalue weighted by Crippen LogP contribution is 2.15. The van der Waals surface area contributed by atoms with Crippen LogP contribution in [0.4, 0.5) is 0 Å². The minimum absolute atomic E-state index is 0. The summed E-state index contributed by atoms with van der Waals surface area (Å²) in [4.78, 5) is 8.56. The lowest BCUT2D eigenvalue weighted by atomic mass is 10.2. The van der Waals surface area contributed by atoms with Gasteiger partial charge in [-0.3, -0.25) is 9.98 Å². The molecule has 0 bridgehead atoms. The molecule has 0 amide bonds. The van der Waals surface area contributed by atoms with E-state index in [1.165, 1.54) is 0 Å². The first-order valence-electron chi connectivity index (χ1n) is 7.56. The Kier molecular flexibility index (Phi) is 8.96. The molecule has 0 saturated carbocycles. The van der Waals surface area contributed by atoms with E-state index in [1.54, 1.807) is 26.6 Å². The van der Waals surface area contributed by atoms with Gasteiger partial charge in [0.05, 0.1) is 33.0 Å². The van der Waals surface area contributed by atoms with Crippen molar-refractivity contribution in [1.29, 1.82) is 5.41 Å². The van der Waals surface area contributed by atoms with Crippen LogP contribution in [0, 0.1) is 5.41 Å². The van der Waals surface area contributed by atoms with Gasteiger partial charge in [-0.2, -0.15) is 0 Å². The molecule has 5 nitrogen and oxygen atoms in total. The first kappa shape index (κ1) is 20.4. The molecule has 0 aliphatic rings. The summed E-state index contributed by atoms with van der Waals surface area (Å²) in [7, 11) is 3.25. The Hall–Kier alpha value is -2.66. The standard InChI is InChI=1S/C19H21N3O2.ClH/c1-23-18-9-5-3-7-15(18)11-21-13-17(20)14-22-12-16-8-4-6-10-19(16)24-2;/h3-12,20H,13-14H2,1-2H3;1H. The molecule has 25 heavy (non-hydrogen) atoms. The monoisotopic (exact) mass is 359 g/mol. The lowest BCUT2D eigenvalue weighted by Crippen LogP contribution is -2.06. The molecule has 1 N–H and O–H groups in total. The summed E-state index contributed by atoms with van der Waals surface area (Å²) in [5.74, 6) is 1.53. The number of rotatable bonds is 8. The van der Waals surface area contributed by atoms with Crippen molar-refractivity contribution in [2.75, 3.05) is 27.3 Å². The third-order valence-corrected chi connectivity index (χ3v) is 3.30. The highest BCUT2D eigenvalue weighted by atomic mass is 35.5. The maximum Gasteiger partial charge on any atom is 0.127 e. The molecule has 0 spiro atoms. The fourth-order valence-corrected chi connectivity index (χ4v) is 2.10. The molecule has 2 aromatic rings. The van der Waals surface area contributed by atoms with Crippen molar-refractivity contribution in [1.82, 2.24) is 0 Å². The van der Waals surface area contributed by atoms with Crippen LogP contribution in [-0.2, 0) is 0 Å². The van der Waals surface area contributed by atoms with E-state index < -0.39 is 0 Å². The molecule has 2 rings (SSSR count). The van der Waals surface area contributed by atoms with Crippen LogP contribution >= 0.6 is 12.4 Å². The molecule has 0 unspecified atom stereocenters. The van der Waals surface area contributed by atoms with Crippen LogP contribution < -0.4 is 9.47 Å². The van der Waals surface area contributed by atoms with Crippen molar-refractivity contribution in [3.63, 3.8) is 0 Å². The molecule has 0 heterocycles. The Balaban J connectivity index is 0.00000312. The second-order valence-corrected chi connectivity index (χ2v) is 5.03. The quantitative estimate of drug-likeness (QED) is 0.730. The van der Waals surface area contributed by atoms with Crippen molar-refractivity contribution < 1.29 is 9.47 Å². The fourth-order valence-electron chi connectivity index (χ4n) is 2.10. The van der Waals surface area contributed by atoms with Crippen LogP contribution in [-0.4, -0.2) is 45.4 Å². The van der Waals surface area contributed by atoms with E-state index in [4.69, 9.17) is 14.9 Å². The van der Waals surface area contributed by atoms with Gasteiger partial charge >= 0.3 is 0 Å². The summed E-state index contributed by atoms with van der Waals surface area (Å²) >= 11 is 0. The van der Waals surface area contributed by atoms with Crippen molar-refractivity contribution in [2.45, 2.75) is 0 Å². The lowest BCUT2D eigenvalue weighted by molar-refractivity contribution is 0.414. The number of ether oxygens (including phenoxy) is 2. The molecule has 2 aromatic carbocycles. The van der Waals surface area contributed by atoms with E-state index in [0.29, 0.717) is 18.8 Å². The number of benzene rings is 2. The van der Waals surface area contributed by atoms with Crippen LogP contribution in [0.1, 0.15) is 11.1 Å².